The number of carbonyl (C=O) groups is 1. The number of likely N-dealkylation sites (tertiary alicyclic amines) is 1. The molecule has 2 N–H and O–H groups in total. The molecule has 3 rings (SSSR count). The van der Waals surface area contributed by atoms with Crippen LogP contribution in [0.4, 0.5) is 0 Å². The molecule has 1 amide bonds. The maximum absolute atomic E-state index is 11.3. The van der Waals surface area contributed by atoms with E-state index in [4.69, 9.17) is 15.2 Å². The van der Waals surface area contributed by atoms with Gasteiger partial charge in [-0.05, 0) is 64.3 Å². The van der Waals surface area contributed by atoms with E-state index in [1.807, 2.05) is 0 Å². The molecule has 26 heavy (non-hydrogen) atoms. The predicted octanol–water partition coefficient (Wildman–Crippen LogP) is 3.25. The van der Waals surface area contributed by atoms with Gasteiger partial charge in [-0.15, -0.1) is 0 Å². The van der Waals surface area contributed by atoms with E-state index >= 15 is 0 Å². The molecular formula is C21H38N2O3. The molecule has 0 bridgehead atoms. The number of hydrogen-bond donors (Lipinski definition) is 1. The molecule has 1 aliphatic heterocycles. The van der Waals surface area contributed by atoms with Crippen LogP contribution in [0.2, 0.25) is 0 Å². The zero-order valence-corrected chi connectivity index (χ0v) is 16.4. The standard InChI is InChI=1S/C21H38N2O3/c22-21(24)17-6-4-13-23(16-17)14-5-15-25-18-9-11-20(12-10-18)26-19-7-2-1-3-8-19/h17-20H,1-16H2,(H2,22,24). The number of amides is 1. The summed E-state index contributed by atoms with van der Waals surface area (Å²) in [5.74, 6) is -0.0951. The maximum Gasteiger partial charge on any atom is 0.221 e. The molecule has 5 heteroatoms. The molecule has 2 saturated carbocycles. The Bertz CT molecular complexity index is 417. The summed E-state index contributed by atoms with van der Waals surface area (Å²) in [4.78, 5) is 13.7. The molecule has 1 saturated heterocycles. The second kappa shape index (κ2) is 10.6. The minimum absolute atomic E-state index is 0.0455. The Labute approximate surface area is 159 Å². The molecule has 0 spiro atoms. The maximum atomic E-state index is 11.3. The average molecular weight is 367 g/mol. The largest absolute Gasteiger partial charge is 0.378 e. The van der Waals surface area contributed by atoms with E-state index in [0.717, 1.165) is 71.2 Å². The van der Waals surface area contributed by atoms with Crippen LogP contribution in [0.15, 0.2) is 0 Å². The molecule has 1 atom stereocenters. The van der Waals surface area contributed by atoms with Crippen LogP contribution >= 0.6 is 0 Å². The number of nitrogens with two attached hydrogens (primary N) is 1. The lowest BCUT2D eigenvalue weighted by molar-refractivity contribution is -0.123. The highest BCUT2D eigenvalue weighted by atomic mass is 16.5. The fourth-order valence-corrected chi connectivity index (χ4v) is 4.84. The van der Waals surface area contributed by atoms with Crippen molar-refractivity contribution in [2.45, 2.75) is 95.4 Å². The average Bonchev–Trinajstić information content (AvgIpc) is 2.67. The van der Waals surface area contributed by atoms with Crippen molar-refractivity contribution in [2.75, 3.05) is 26.2 Å². The molecule has 1 heterocycles. The number of carbonyl (C=O) groups excluding carboxylic acids is 1. The molecule has 0 aromatic rings. The molecule has 2 aliphatic carbocycles. The van der Waals surface area contributed by atoms with Crippen molar-refractivity contribution >= 4 is 5.91 Å². The first-order valence-corrected chi connectivity index (χ1v) is 11.0. The van der Waals surface area contributed by atoms with Crippen LogP contribution in [0.25, 0.3) is 0 Å². The van der Waals surface area contributed by atoms with Gasteiger partial charge in [0.15, 0.2) is 0 Å². The first-order chi connectivity index (χ1) is 12.7. The van der Waals surface area contributed by atoms with Gasteiger partial charge >= 0.3 is 0 Å². The predicted molar refractivity (Wildman–Crippen MR) is 103 cm³/mol. The van der Waals surface area contributed by atoms with Crippen LogP contribution in [-0.2, 0) is 14.3 Å². The third-order valence-corrected chi connectivity index (χ3v) is 6.44. The SMILES string of the molecule is NC(=O)C1CCCN(CCCOC2CCC(OC3CCCCC3)CC2)C1. The molecule has 0 aromatic heterocycles. The normalized spacial score (nSPS) is 31.8. The van der Waals surface area contributed by atoms with E-state index in [2.05, 4.69) is 4.90 Å². The van der Waals surface area contributed by atoms with Crippen molar-refractivity contribution in [1.82, 2.24) is 4.90 Å². The van der Waals surface area contributed by atoms with Gasteiger partial charge in [-0.2, -0.15) is 0 Å². The third-order valence-electron chi connectivity index (χ3n) is 6.44. The molecule has 0 radical (unpaired) electrons. The number of nitrogens with zero attached hydrogens (tertiary/aromatic N) is 1. The lowest BCUT2D eigenvalue weighted by Gasteiger charge is -2.33. The summed E-state index contributed by atoms with van der Waals surface area (Å²) in [5.41, 5.74) is 5.45. The van der Waals surface area contributed by atoms with Gasteiger partial charge in [0.05, 0.1) is 24.2 Å². The van der Waals surface area contributed by atoms with Gasteiger partial charge in [-0.3, -0.25) is 4.79 Å². The second-order valence-electron chi connectivity index (χ2n) is 8.56. The van der Waals surface area contributed by atoms with E-state index in [0.29, 0.717) is 18.3 Å². The minimum Gasteiger partial charge on any atom is -0.378 e. The molecule has 0 aromatic carbocycles. The zero-order valence-electron chi connectivity index (χ0n) is 16.4. The molecular weight excluding hydrogens is 328 g/mol. The molecule has 150 valence electrons. The number of hydrogen-bond acceptors (Lipinski definition) is 4. The van der Waals surface area contributed by atoms with Crippen LogP contribution in [0.5, 0.6) is 0 Å². The van der Waals surface area contributed by atoms with Crippen LogP contribution in [0.1, 0.15) is 77.0 Å². The Hall–Kier alpha value is -0.650. The fraction of sp³-hybridized carbons (Fsp3) is 0.952. The minimum atomic E-state index is -0.141. The van der Waals surface area contributed by atoms with E-state index < -0.39 is 0 Å². The van der Waals surface area contributed by atoms with Crippen molar-refractivity contribution in [2.24, 2.45) is 11.7 Å². The monoisotopic (exact) mass is 366 g/mol. The first-order valence-electron chi connectivity index (χ1n) is 11.0. The van der Waals surface area contributed by atoms with Crippen molar-refractivity contribution in [3.05, 3.63) is 0 Å². The fourth-order valence-electron chi connectivity index (χ4n) is 4.84. The van der Waals surface area contributed by atoms with Gasteiger partial charge < -0.3 is 20.1 Å². The van der Waals surface area contributed by atoms with E-state index in [-0.39, 0.29) is 11.8 Å². The van der Waals surface area contributed by atoms with Crippen molar-refractivity contribution in [1.29, 1.82) is 0 Å². The number of primary amides is 1. The van der Waals surface area contributed by atoms with E-state index in [9.17, 15) is 4.79 Å². The van der Waals surface area contributed by atoms with Crippen molar-refractivity contribution in [3.8, 4) is 0 Å². The van der Waals surface area contributed by atoms with E-state index in [1.54, 1.807) is 0 Å². The third kappa shape index (κ3) is 6.50. The lowest BCUT2D eigenvalue weighted by atomic mass is 9.93. The second-order valence-corrected chi connectivity index (χ2v) is 8.56. The van der Waals surface area contributed by atoms with Gasteiger partial charge in [0.25, 0.3) is 0 Å². The van der Waals surface area contributed by atoms with Gasteiger partial charge in [-0.1, -0.05) is 19.3 Å². The number of rotatable bonds is 8. The Morgan fingerprint density at radius 3 is 2.31 bits per heavy atom. The topological polar surface area (TPSA) is 64.8 Å². The van der Waals surface area contributed by atoms with Crippen LogP contribution in [0.3, 0.4) is 0 Å². The Morgan fingerprint density at radius 2 is 1.58 bits per heavy atom. The lowest BCUT2D eigenvalue weighted by Crippen LogP contribution is -2.41. The molecule has 3 fully saturated rings. The zero-order chi connectivity index (χ0) is 18.2. The van der Waals surface area contributed by atoms with Crippen LogP contribution < -0.4 is 5.73 Å². The first kappa shape index (κ1) is 20.1. The smallest absolute Gasteiger partial charge is 0.221 e. The summed E-state index contributed by atoms with van der Waals surface area (Å²) in [6.07, 6.45) is 15.7. The van der Waals surface area contributed by atoms with Gasteiger partial charge in [0.1, 0.15) is 0 Å². The van der Waals surface area contributed by atoms with Crippen LogP contribution in [-0.4, -0.2) is 55.4 Å². The van der Waals surface area contributed by atoms with Gasteiger partial charge in [-0.25, -0.2) is 0 Å². The number of ether oxygens (including phenoxy) is 2. The molecule has 1 unspecified atom stereocenters. The van der Waals surface area contributed by atoms with E-state index in [1.165, 1.54) is 32.1 Å². The summed E-state index contributed by atoms with van der Waals surface area (Å²) in [7, 11) is 0. The highest BCUT2D eigenvalue weighted by molar-refractivity contribution is 5.76. The van der Waals surface area contributed by atoms with Crippen molar-refractivity contribution in [3.63, 3.8) is 0 Å². The summed E-state index contributed by atoms with van der Waals surface area (Å²) in [5, 5.41) is 0. The van der Waals surface area contributed by atoms with Crippen molar-refractivity contribution < 1.29 is 14.3 Å². The number of piperidine rings is 1. The summed E-state index contributed by atoms with van der Waals surface area (Å²) >= 11 is 0. The summed E-state index contributed by atoms with van der Waals surface area (Å²) < 4.78 is 12.4. The Kier molecular flexibility index (Phi) is 8.21. The highest BCUT2D eigenvalue weighted by Gasteiger charge is 2.26. The quantitative estimate of drug-likeness (QED) is 0.670. The summed E-state index contributed by atoms with van der Waals surface area (Å²) in [6.45, 7) is 3.77. The van der Waals surface area contributed by atoms with Gasteiger partial charge in [0, 0.05) is 19.7 Å². The molecule has 3 aliphatic rings. The molecule has 5 nitrogen and oxygen atoms in total. The highest BCUT2D eigenvalue weighted by Crippen LogP contribution is 2.28. The Morgan fingerprint density at radius 1 is 0.885 bits per heavy atom. The summed E-state index contributed by atoms with van der Waals surface area (Å²) in [6, 6.07) is 0. The van der Waals surface area contributed by atoms with Gasteiger partial charge in [0.2, 0.25) is 5.91 Å². The van der Waals surface area contributed by atoms with Crippen LogP contribution in [0, 0.1) is 5.92 Å². The Balaban J connectivity index is 1.23.